The number of nitrogens with two attached hydrogens (primary N) is 2. The number of nitrogens with zero attached hydrogens (tertiary/aromatic N) is 2. The molecule has 0 unspecified atom stereocenters. The lowest BCUT2D eigenvalue weighted by Crippen LogP contribution is -2.38. The number of anilines is 3. The van der Waals surface area contributed by atoms with Crippen molar-refractivity contribution in [1.29, 1.82) is 0 Å². The second-order valence-electron chi connectivity index (χ2n) is 6.95. The molecule has 0 radical (unpaired) electrons. The van der Waals surface area contributed by atoms with Crippen molar-refractivity contribution in [2.24, 2.45) is 0 Å². The molecule has 0 aliphatic carbocycles. The van der Waals surface area contributed by atoms with E-state index < -0.39 is 24.1 Å². The lowest BCUT2D eigenvalue weighted by Gasteiger charge is -2.33. The van der Waals surface area contributed by atoms with E-state index in [-0.39, 0.29) is 23.0 Å². The summed E-state index contributed by atoms with van der Waals surface area (Å²) in [7, 11) is 0. The SMILES string of the molecule is Nc1nccc(C2CCN(C(=O)c3ccc(OC(F)(F)F)cc3NC(=O)O)CC2)c1N. The second kappa shape index (κ2) is 8.58. The number of likely N-dealkylation sites (tertiary alicyclic amines) is 1. The van der Waals surface area contributed by atoms with E-state index in [1.165, 1.54) is 4.90 Å². The highest BCUT2D eigenvalue weighted by molar-refractivity contribution is 6.02. The highest BCUT2D eigenvalue weighted by atomic mass is 19.4. The van der Waals surface area contributed by atoms with Crippen LogP contribution in [0.1, 0.15) is 34.7 Å². The Bertz CT molecular complexity index is 991. The molecule has 1 aromatic carbocycles. The molecule has 2 aromatic rings. The van der Waals surface area contributed by atoms with Gasteiger partial charge in [-0.3, -0.25) is 10.1 Å². The van der Waals surface area contributed by atoms with Gasteiger partial charge in [-0.2, -0.15) is 0 Å². The summed E-state index contributed by atoms with van der Waals surface area (Å²) in [6.07, 6.45) is -3.76. The minimum absolute atomic E-state index is 0.0635. The fourth-order valence-electron chi connectivity index (χ4n) is 3.55. The molecule has 1 aliphatic rings. The summed E-state index contributed by atoms with van der Waals surface area (Å²) in [5.74, 6) is -0.852. The molecule has 1 fully saturated rings. The maximum atomic E-state index is 12.9. The van der Waals surface area contributed by atoms with E-state index in [2.05, 4.69) is 9.72 Å². The Balaban J connectivity index is 1.76. The summed E-state index contributed by atoms with van der Waals surface area (Å²) in [5, 5.41) is 10.9. The van der Waals surface area contributed by atoms with Crippen molar-refractivity contribution in [2.75, 3.05) is 29.9 Å². The number of hydrogen-bond donors (Lipinski definition) is 4. The van der Waals surface area contributed by atoms with E-state index >= 15 is 0 Å². The third-order valence-electron chi connectivity index (χ3n) is 4.97. The largest absolute Gasteiger partial charge is 0.573 e. The van der Waals surface area contributed by atoms with Gasteiger partial charge in [0.05, 0.1) is 16.9 Å². The zero-order valence-corrected chi connectivity index (χ0v) is 16.1. The van der Waals surface area contributed by atoms with E-state index in [1.807, 2.05) is 5.32 Å². The van der Waals surface area contributed by atoms with Crippen LogP contribution < -0.4 is 21.5 Å². The standard InChI is InChI=1S/C19H20F3N5O4/c20-19(21,22)31-11-1-2-13(14(9-11)26-18(29)30)17(28)27-7-4-10(5-8-27)12-3-6-25-16(24)15(12)23/h1-3,6,9-10,26H,4-5,7-8,23H2,(H2,24,25)(H,29,30). The van der Waals surface area contributed by atoms with E-state index in [4.69, 9.17) is 16.6 Å². The number of halogens is 3. The average molecular weight is 439 g/mol. The molecule has 6 N–H and O–H groups in total. The number of ether oxygens (including phenoxy) is 1. The molecule has 1 saturated heterocycles. The Morgan fingerprint density at radius 3 is 2.48 bits per heavy atom. The highest BCUT2D eigenvalue weighted by Gasteiger charge is 2.32. The molecule has 2 heterocycles. The van der Waals surface area contributed by atoms with E-state index in [0.29, 0.717) is 31.6 Å². The Labute approximate surface area is 174 Å². The number of aromatic nitrogens is 1. The number of pyridine rings is 1. The van der Waals surface area contributed by atoms with E-state index in [0.717, 1.165) is 23.8 Å². The third-order valence-corrected chi connectivity index (χ3v) is 4.97. The number of carbonyl (C=O) groups excluding carboxylic acids is 1. The van der Waals surface area contributed by atoms with Crippen molar-refractivity contribution in [3.8, 4) is 5.75 Å². The molecule has 0 atom stereocenters. The van der Waals surface area contributed by atoms with Gasteiger partial charge in [-0.05, 0) is 42.5 Å². The van der Waals surface area contributed by atoms with Crippen molar-refractivity contribution < 1.29 is 32.6 Å². The molecule has 0 bridgehead atoms. The van der Waals surface area contributed by atoms with Gasteiger partial charge >= 0.3 is 12.5 Å². The predicted octanol–water partition coefficient (Wildman–Crippen LogP) is 3.25. The van der Waals surface area contributed by atoms with Crippen molar-refractivity contribution in [3.63, 3.8) is 0 Å². The number of rotatable bonds is 4. The lowest BCUT2D eigenvalue weighted by atomic mass is 9.88. The molecular formula is C19H20F3N5O4. The number of amides is 2. The van der Waals surface area contributed by atoms with Gasteiger partial charge < -0.3 is 26.2 Å². The van der Waals surface area contributed by atoms with Gasteiger partial charge in [0.2, 0.25) is 0 Å². The number of piperidine rings is 1. The molecule has 1 aromatic heterocycles. The summed E-state index contributed by atoms with van der Waals surface area (Å²) < 4.78 is 41.2. The molecule has 9 nitrogen and oxygen atoms in total. The molecule has 3 rings (SSSR count). The zero-order chi connectivity index (χ0) is 22.8. The highest BCUT2D eigenvalue weighted by Crippen LogP contribution is 2.34. The van der Waals surface area contributed by atoms with Gasteiger partial charge in [0.25, 0.3) is 5.91 Å². The first-order chi connectivity index (χ1) is 14.5. The first kappa shape index (κ1) is 22.0. The van der Waals surface area contributed by atoms with Crippen LogP contribution >= 0.6 is 0 Å². The summed E-state index contributed by atoms with van der Waals surface area (Å²) in [6, 6.07) is 4.66. The number of nitrogen functional groups attached to an aromatic ring is 2. The normalized spacial score (nSPS) is 14.9. The monoisotopic (exact) mass is 439 g/mol. The van der Waals surface area contributed by atoms with Gasteiger partial charge in [-0.25, -0.2) is 9.78 Å². The van der Waals surface area contributed by atoms with Gasteiger partial charge in [0.1, 0.15) is 11.6 Å². The molecule has 12 heteroatoms. The van der Waals surface area contributed by atoms with Crippen molar-refractivity contribution in [1.82, 2.24) is 9.88 Å². The van der Waals surface area contributed by atoms with E-state index in [1.54, 1.807) is 12.3 Å². The first-order valence-electron chi connectivity index (χ1n) is 9.24. The van der Waals surface area contributed by atoms with Crippen LogP contribution in [0.3, 0.4) is 0 Å². The van der Waals surface area contributed by atoms with Gasteiger partial charge in [-0.1, -0.05) is 0 Å². The maximum Gasteiger partial charge on any atom is 0.573 e. The minimum atomic E-state index is -4.95. The number of carbonyl (C=O) groups is 2. The fraction of sp³-hybridized carbons (Fsp3) is 0.316. The van der Waals surface area contributed by atoms with Crippen LogP contribution in [0, 0.1) is 0 Å². The number of benzene rings is 1. The Morgan fingerprint density at radius 2 is 1.87 bits per heavy atom. The van der Waals surface area contributed by atoms with Crippen LogP contribution in [0.4, 0.5) is 35.2 Å². The fourth-order valence-corrected chi connectivity index (χ4v) is 3.55. The predicted molar refractivity (Wildman–Crippen MR) is 106 cm³/mol. The van der Waals surface area contributed by atoms with Gasteiger partial charge in [-0.15, -0.1) is 13.2 Å². The molecular weight excluding hydrogens is 419 g/mol. The Hall–Kier alpha value is -3.70. The number of carboxylic acid groups (broad SMARTS) is 1. The van der Waals surface area contributed by atoms with Crippen molar-refractivity contribution in [3.05, 3.63) is 41.6 Å². The molecule has 166 valence electrons. The van der Waals surface area contributed by atoms with Crippen LogP contribution in [0.25, 0.3) is 0 Å². The quantitative estimate of drug-likeness (QED) is 0.572. The topological polar surface area (TPSA) is 144 Å². The number of nitrogens with one attached hydrogen (secondary N) is 1. The van der Waals surface area contributed by atoms with Crippen LogP contribution in [0.5, 0.6) is 5.75 Å². The maximum absolute atomic E-state index is 12.9. The minimum Gasteiger partial charge on any atom is -0.465 e. The number of alkyl halides is 3. The van der Waals surface area contributed by atoms with Gasteiger partial charge in [0, 0.05) is 25.4 Å². The molecule has 0 saturated carbocycles. The third kappa shape index (κ3) is 5.27. The summed E-state index contributed by atoms with van der Waals surface area (Å²) in [5.41, 5.74) is 12.6. The second-order valence-corrected chi connectivity index (χ2v) is 6.95. The summed E-state index contributed by atoms with van der Waals surface area (Å²) in [4.78, 5) is 29.4. The van der Waals surface area contributed by atoms with Crippen LogP contribution in [-0.4, -0.2) is 46.4 Å². The molecule has 31 heavy (non-hydrogen) atoms. The van der Waals surface area contributed by atoms with Crippen molar-refractivity contribution in [2.45, 2.75) is 25.1 Å². The number of hydrogen-bond acceptors (Lipinski definition) is 6. The molecule has 1 aliphatic heterocycles. The molecule has 2 amide bonds. The zero-order valence-electron chi connectivity index (χ0n) is 16.1. The summed E-state index contributed by atoms with van der Waals surface area (Å²) in [6.45, 7) is 0.691. The summed E-state index contributed by atoms with van der Waals surface area (Å²) >= 11 is 0. The van der Waals surface area contributed by atoms with Crippen LogP contribution in [0.2, 0.25) is 0 Å². The van der Waals surface area contributed by atoms with E-state index in [9.17, 15) is 22.8 Å². The average Bonchev–Trinajstić information content (AvgIpc) is 2.68. The Kier molecular flexibility index (Phi) is 6.09. The van der Waals surface area contributed by atoms with Crippen LogP contribution in [-0.2, 0) is 0 Å². The Morgan fingerprint density at radius 1 is 1.19 bits per heavy atom. The smallest absolute Gasteiger partial charge is 0.465 e. The molecule has 0 spiro atoms. The van der Waals surface area contributed by atoms with Gasteiger partial charge in [0.15, 0.2) is 0 Å². The van der Waals surface area contributed by atoms with Crippen LogP contribution in [0.15, 0.2) is 30.5 Å². The first-order valence-corrected chi connectivity index (χ1v) is 9.24. The van der Waals surface area contributed by atoms with Crippen molar-refractivity contribution >= 4 is 29.2 Å². The lowest BCUT2D eigenvalue weighted by molar-refractivity contribution is -0.274.